The molecule has 1 heterocycles. The average Bonchev–Trinajstić information content (AvgIpc) is 2.83. The molecule has 1 saturated heterocycles. The molecule has 16 heavy (non-hydrogen) atoms. The van der Waals surface area contributed by atoms with Gasteiger partial charge in [0, 0.05) is 0 Å². The summed E-state index contributed by atoms with van der Waals surface area (Å²) in [5.74, 6) is 0. The van der Waals surface area contributed by atoms with Crippen LogP contribution in [0, 0.1) is 20.8 Å². The molecule has 0 spiro atoms. The van der Waals surface area contributed by atoms with Crippen molar-refractivity contribution < 1.29 is 4.74 Å². The molecular formula is C15H22O. The molecular weight excluding hydrogens is 196 g/mol. The molecule has 1 heteroatoms. The van der Waals surface area contributed by atoms with Gasteiger partial charge in [0.25, 0.3) is 0 Å². The van der Waals surface area contributed by atoms with Crippen LogP contribution in [0.15, 0.2) is 12.1 Å². The van der Waals surface area contributed by atoms with Crippen LogP contribution in [0.4, 0.5) is 0 Å². The Labute approximate surface area is 98.8 Å². The Kier molecular flexibility index (Phi) is 2.83. The SMILES string of the molecule is Cc1cc(C)c(C(C)(C)CC2CO2)c(C)c1. The molecule has 1 aromatic rings. The molecule has 0 saturated carbocycles. The van der Waals surface area contributed by atoms with Crippen LogP contribution in [0.25, 0.3) is 0 Å². The van der Waals surface area contributed by atoms with E-state index in [9.17, 15) is 0 Å². The van der Waals surface area contributed by atoms with Crippen LogP contribution < -0.4 is 0 Å². The average molecular weight is 218 g/mol. The highest BCUT2D eigenvalue weighted by atomic mass is 16.6. The molecule has 0 N–H and O–H groups in total. The van der Waals surface area contributed by atoms with E-state index < -0.39 is 0 Å². The van der Waals surface area contributed by atoms with Gasteiger partial charge in [-0.25, -0.2) is 0 Å². The van der Waals surface area contributed by atoms with Gasteiger partial charge in [0.1, 0.15) is 0 Å². The van der Waals surface area contributed by atoms with E-state index in [0.29, 0.717) is 6.10 Å². The lowest BCUT2D eigenvalue weighted by atomic mass is 9.76. The fourth-order valence-corrected chi connectivity index (χ4v) is 3.10. The second-order valence-corrected chi connectivity index (χ2v) is 5.82. The number of aryl methyl sites for hydroxylation is 3. The number of rotatable bonds is 3. The third kappa shape index (κ3) is 2.30. The van der Waals surface area contributed by atoms with Crippen molar-refractivity contribution in [1.82, 2.24) is 0 Å². The van der Waals surface area contributed by atoms with Gasteiger partial charge in [-0.15, -0.1) is 0 Å². The molecule has 1 aliphatic heterocycles. The Balaban J connectivity index is 2.37. The number of ether oxygens (including phenoxy) is 1. The maximum atomic E-state index is 5.37. The third-order valence-corrected chi connectivity index (χ3v) is 3.49. The molecule has 0 amide bonds. The van der Waals surface area contributed by atoms with Gasteiger partial charge in [-0.05, 0) is 49.3 Å². The summed E-state index contributed by atoms with van der Waals surface area (Å²) < 4.78 is 5.37. The maximum absolute atomic E-state index is 5.37. The van der Waals surface area contributed by atoms with Crippen LogP contribution in [0.3, 0.4) is 0 Å². The fourth-order valence-electron chi connectivity index (χ4n) is 3.10. The predicted molar refractivity (Wildman–Crippen MR) is 68.0 cm³/mol. The minimum Gasteiger partial charge on any atom is -0.373 e. The van der Waals surface area contributed by atoms with Crippen LogP contribution in [-0.2, 0) is 10.2 Å². The minimum atomic E-state index is 0.225. The number of benzene rings is 1. The predicted octanol–water partition coefficient (Wildman–Crippen LogP) is 3.68. The smallest absolute Gasteiger partial charge is 0.0818 e. The van der Waals surface area contributed by atoms with Gasteiger partial charge in [0.05, 0.1) is 12.7 Å². The van der Waals surface area contributed by atoms with Gasteiger partial charge < -0.3 is 4.74 Å². The highest BCUT2D eigenvalue weighted by Gasteiger charge is 2.33. The van der Waals surface area contributed by atoms with Crippen molar-refractivity contribution in [3.63, 3.8) is 0 Å². The molecule has 1 fully saturated rings. The Hall–Kier alpha value is -0.820. The Bertz CT molecular complexity index is 377. The second-order valence-electron chi connectivity index (χ2n) is 5.82. The summed E-state index contributed by atoms with van der Waals surface area (Å²) in [6.45, 7) is 12.2. The van der Waals surface area contributed by atoms with Gasteiger partial charge >= 0.3 is 0 Å². The first-order chi connectivity index (χ1) is 7.40. The molecule has 1 nitrogen and oxygen atoms in total. The Morgan fingerprint density at radius 3 is 2.12 bits per heavy atom. The lowest BCUT2D eigenvalue weighted by Gasteiger charge is -2.29. The Morgan fingerprint density at radius 2 is 1.69 bits per heavy atom. The molecule has 1 aromatic carbocycles. The van der Waals surface area contributed by atoms with Crippen molar-refractivity contribution in [3.8, 4) is 0 Å². The van der Waals surface area contributed by atoms with Crippen molar-refractivity contribution in [2.75, 3.05) is 6.61 Å². The lowest BCUT2D eigenvalue weighted by molar-refractivity contribution is 0.344. The number of hydrogen-bond donors (Lipinski definition) is 0. The topological polar surface area (TPSA) is 12.5 Å². The zero-order valence-corrected chi connectivity index (χ0v) is 11.1. The summed E-state index contributed by atoms with van der Waals surface area (Å²) in [4.78, 5) is 0. The van der Waals surface area contributed by atoms with Crippen LogP contribution in [0.2, 0.25) is 0 Å². The first-order valence-corrected chi connectivity index (χ1v) is 6.10. The highest BCUT2D eigenvalue weighted by molar-refractivity contribution is 5.42. The largest absolute Gasteiger partial charge is 0.373 e. The summed E-state index contributed by atoms with van der Waals surface area (Å²) in [6.07, 6.45) is 1.63. The van der Waals surface area contributed by atoms with Crippen LogP contribution in [0.5, 0.6) is 0 Å². The fraction of sp³-hybridized carbons (Fsp3) is 0.600. The van der Waals surface area contributed by atoms with E-state index in [4.69, 9.17) is 4.74 Å². The van der Waals surface area contributed by atoms with E-state index >= 15 is 0 Å². The number of hydrogen-bond acceptors (Lipinski definition) is 1. The quantitative estimate of drug-likeness (QED) is 0.705. The summed E-state index contributed by atoms with van der Waals surface area (Å²) in [5.41, 5.74) is 5.93. The molecule has 0 aliphatic carbocycles. The molecule has 1 aliphatic rings. The minimum absolute atomic E-state index is 0.225. The molecule has 88 valence electrons. The molecule has 2 rings (SSSR count). The lowest BCUT2D eigenvalue weighted by Crippen LogP contribution is -2.22. The van der Waals surface area contributed by atoms with Crippen LogP contribution in [0.1, 0.15) is 42.5 Å². The monoisotopic (exact) mass is 218 g/mol. The van der Waals surface area contributed by atoms with Crippen LogP contribution in [-0.4, -0.2) is 12.7 Å². The van der Waals surface area contributed by atoms with Gasteiger partial charge in [0.2, 0.25) is 0 Å². The second kappa shape index (κ2) is 3.89. The summed E-state index contributed by atoms with van der Waals surface area (Å²) in [6, 6.07) is 4.58. The van der Waals surface area contributed by atoms with Crippen LogP contribution >= 0.6 is 0 Å². The summed E-state index contributed by atoms with van der Waals surface area (Å²) in [7, 11) is 0. The third-order valence-electron chi connectivity index (χ3n) is 3.49. The van der Waals surface area contributed by atoms with E-state index in [-0.39, 0.29) is 5.41 Å². The molecule has 1 unspecified atom stereocenters. The standard InChI is InChI=1S/C15H22O/c1-10-6-11(2)14(12(3)7-10)15(4,5)8-13-9-16-13/h6-7,13H,8-9H2,1-5H3. The van der Waals surface area contributed by atoms with E-state index in [1.54, 1.807) is 0 Å². The van der Waals surface area contributed by atoms with Crippen molar-refractivity contribution in [1.29, 1.82) is 0 Å². The van der Waals surface area contributed by atoms with Gasteiger partial charge in [-0.3, -0.25) is 0 Å². The van der Waals surface area contributed by atoms with Crippen molar-refractivity contribution in [3.05, 3.63) is 34.4 Å². The van der Waals surface area contributed by atoms with E-state index in [1.807, 2.05) is 0 Å². The molecule has 1 atom stereocenters. The highest BCUT2D eigenvalue weighted by Crippen LogP contribution is 2.36. The van der Waals surface area contributed by atoms with Crippen molar-refractivity contribution >= 4 is 0 Å². The summed E-state index contributed by atoms with van der Waals surface area (Å²) >= 11 is 0. The Morgan fingerprint density at radius 1 is 1.19 bits per heavy atom. The van der Waals surface area contributed by atoms with E-state index in [1.165, 1.54) is 22.3 Å². The maximum Gasteiger partial charge on any atom is 0.0818 e. The molecule has 0 radical (unpaired) electrons. The van der Waals surface area contributed by atoms with Crippen molar-refractivity contribution in [2.45, 2.75) is 52.6 Å². The zero-order valence-electron chi connectivity index (χ0n) is 11.1. The zero-order chi connectivity index (χ0) is 11.9. The van der Waals surface area contributed by atoms with Gasteiger partial charge in [0.15, 0.2) is 0 Å². The molecule has 0 aromatic heterocycles. The van der Waals surface area contributed by atoms with Gasteiger partial charge in [-0.2, -0.15) is 0 Å². The summed E-state index contributed by atoms with van der Waals surface area (Å²) in [5, 5.41) is 0. The van der Waals surface area contributed by atoms with Gasteiger partial charge in [-0.1, -0.05) is 31.5 Å². The van der Waals surface area contributed by atoms with E-state index in [0.717, 1.165) is 13.0 Å². The normalized spacial score (nSPS) is 19.9. The first-order valence-electron chi connectivity index (χ1n) is 6.10. The number of epoxide rings is 1. The van der Waals surface area contributed by atoms with Crippen molar-refractivity contribution in [2.24, 2.45) is 0 Å². The first kappa shape index (κ1) is 11.7. The van der Waals surface area contributed by atoms with E-state index in [2.05, 4.69) is 46.8 Å². The molecule has 0 bridgehead atoms.